The zero-order chi connectivity index (χ0) is 13.0. The number of methoxy groups -OCH3 is 2. The molecule has 0 saturated carbocycles. The average Bonchev–Trinajstić information content (AvgIpc) is 2.30. The normalized spacial score (nSPS) is 10.4. The minimum absolute atomic E-state index is 0.0218. The highest BCUT2D eigenvalue weighted by Crippen LogP contribution is 2.29. The zero-order valence-corrected chi connectivity index (χ0v) is 9.37. The molecule has 1 heterocycles. The number of carbonyl (C=O) groups excluding carboxylic acids is 1. The molecule has 94 valence electrons. The van der Waals surface area contributed by atoms with Crippen LogP contribution in [-0.4, -0.2) is 25.2 Å². The van der Waals surface area contributed by atoms with Crippen molar-refractivity contribution in [2.45, 2.75) is 12.8 Å². The highest BCUT2D eigenvalue weighted by atomic mass is 19.3. The number of anilines is 1. The molecule has 0 radical (unpaired) electrons. The summed E-state index contributed by atoms with van der Waals surface area (Å²) < 4.78 is 34.6. The first-order valence-electron chi connectivity index (χ1n) is 4.67. The number of alkyl halides is 2. The van der Waals surface area contributed by atoms with E-state index in [-0.39, 0.29) is 23.6 Å². The first-order valence-corrected chi connectivity index (χ1v) is 4.67. The number of rotatable bonds is 4. The summed E-state index contributed by atoms with van der Waals surface area (Å²) >= 11 is 0. The van der Waals surface area contributed by atoms with E-state index in [2.05, 4.69) is 9.72 Å². The third-order valence-corrected chi connectivity index (χ3v) is 2.13. The molecule has 1 aromatic heterocycles. The molecule has 5 nitrogen and oxygen atoms in total. The third kappa shape index (κ3) is 3.02. The number of halogens is 2. The van der Waals surface area contributed by atoms with Crippen molar-refractivity contribution in [3.8, 4) is 5.88 Å². The van der Waals surface area contributed by atoms with Gasteiger partial charge in [-0.3, -0.25) is 4.79 Å². The number of esters is 1. The van der Waals surface area contributed by atoms with Gasteiger partial charge in [-0.05, 0) is 0 Å². The second kappa shape index (κ2) is 5.42. The minimum atomic E-state index is -2.84. The molecule has 0 aliphatic rings. The summed E-state index contributed by atoms with van der Waals surface area (Å²) in [5, 5.41) is 0. The fourth-order valence-electron chi connectivity index (χ4n) is 1.28. The van der Waals surface area contributed by atoms with Crippen LogP contribution in [0, 0.1) is 0 Å². The Morgan fingerprint density at radius 3 is 2.65 bits per heavy atom. The highest BCUT2D eigenvalue weighted by molar-refractivity contribution is 5.75. The Kier molecular flexibility index (Phi) is 4.19. The first-order chi connectivity index (χ1) is 7.99. The van der Waals surface area contributed by atoms with E-state index in [4.69, 9.17) is 10.5 Å². The summed E-state index contributed by atoms with van der Waals surface area (Å²) in [6, 6.07) is 1.28. The van der Waals surface area contributed by atoms with E-state index in [1.807, 2.05) is 0 Å². The van der Waals surface area contributed by atoms with Crippen molar-refractivity contribution in [1.29, 1.82) is 0 Å². The Morgan fingerprint density at radius 2 is 2.18 bits per heavy atom. The van der Waals surface area contributed by atoms with Crippen molar-refractivity contribution < 1.29 is 23.0 Å². The van der Waals surface area contributed by atoms with Gasteiger partial charge in [-0.15, -0.1) is 0 Å². The van der Waals surface area contributed by atoms with Gasteiger partial charge >= 0.3 is 5.97 Å². The smallest absolute Gasteiger partial charge is 0.310 e. The molecule has 0 saturated heterocycles. The first kappa shape index (κ1) is 13.1. The summed E-state index contributed by atoms with van der Waals surface area (Å²) in [5.41, 5.74) is 5.01. The molecule has 0 aliphatic carbocycles. The molecule has 2 N–H and O–H groups in total. The Morgan fingerprint density at radius 1 is 1.53 bits per heavy atom. The van der Waals surface area contributed by atoms with Crippen LogP contribution < -0.4 is 10.5 Å². The summed E-state index contributed by atoms with van der Waals surface area (Å²) in [7, 11) is 2.45. The van der Waals surface area contributed by atoms with Crippen LogP contribution in [0.3, 0.4) is 0 Å². The van der Waals surface area contributed by atoms with E-state index in [1.54, 1.807) is 0 Å². The number of aromatic nitrogens is 1. The number of nitrogen functional groups attached to an aromatic ring is 1. The molecule has 0 bridgehead atoms. The molecule has 0 aliphatic heterocycles. The number of nitrogens with zero attached hydrogens (tertiary/aromatic N) is 1. The van der Waals surface area contributed by atoms with E-state index < -0.39 is 18.1 Å². The molecule has 17 heavy (non-hydrogen) atoms. The second-order valence-corrected chi connectivity index (χ2v) is 3.17. The monoisotopic (exact) mass is 246 g/mol. The Hall–Kier alpha value is -1.92. The molecular weight excluding hydrogens is 234 g/mol. The van der Waals surface area contributed by atoms with Crippen LogP contribution in [0.2, 0.25) is 0 Å². The van der Waals surface area contributed by atoms with Crippen molar-refractivity contribution in [3.63, 3.8) is 0 Å². The molecule has 1 rings (SSSR count). The van der Waals surface area contributed by atoms with Crippen LogP contribution in [0.15, 0.2) is 6.07 Å². The quantitative estimate of drug-likeness (QED) is 0.811. The van der Waals surface area contributed by atoms with Crippen molar-refractivity contribution in [2.75, 3.05) is 20.0 Å². The van der Waals surface area contributed by atoms with Gasteiger partial charge in [0.1, 0.15) is 5.69 Å². The highest BCUT2D eigenvalue weighted by Gasteiger charge is 2.21. The van der Waals surface area contributed by atoms with Crippen molar-refractivity contribution in [3.05, 3.63) is 17.3 Å². The number of nitrogens with two attached hydrogens (primary N) is 1. The SMILES string of the molecule is COC(=O)Cc1c(N)cc(OC)nc1C(F)F. The molecule has 0 fully saturated rings. The van der Waals surface area contributed by atoms with Gasteiger partial charge in [0, 0.05) is 17.3 Å². The van der Waals surface area contributed by atoms with Gasteiger partial charge < -0.3 is 15.2 Å². The van der Waals surface area contributed by atoms with Crippen LogP contribution in [0.5, 0.6) is 5.88 Å². The van der Waals surface area contributed by atoms with Gasteiger partial charge in [0.2, 0.25) is 5.88 Å². The molecule has 0 aromatic carbocycles. The average molecular weight is 246 g/mol. The number of pyridine rings is 1. The molecular formula is C10H12F2N2O3. The number of carbonyl (C=O) groups is 1. The molecule has 0 atom stereocenters. The van der Waals surface area contributed by atoms with Gasteiger partial charge in [-0.1, -0.05) is 0 Å². The maximum atomic E-state index is 12.8. The molecule has 0 unspecified atom stereocenters. The van der Waals surface area contributed by atoms with Crippen molar-refractivity contribution >= 4 is 11.7 Å². The minimum Gasteiger partial charge on any atom is -0.481 e. The van der Waals surface area contributed by atoms with E-state index in [0.717, 1.165) is 7.11 Å². The van der Waals surface area contributed by atoms with Crippen LogP contribution in [0.4, 0.5) is 14.5 Å². The van der Waals surface area contributed by atoms with Crippen LogP contribution in [-0.2, 0) is 16.0 Å². The van der Waals surface area contributed by atoms with Gasteiger partial charge in [0.25, 0.3) is 6.43 Å². The lowest BCUT2D eigenvalue weighted by Crippen LogP contribution is -2.12. The van der Waals surface area contributed by atoms with Gasteiger partial charge in [0.15, 0.2) is 0 Å². The van der Waals surface area contributed by atoms with Gasteiger partial charge in [-0.2, -0.15) is 0 Å². The zero-order valence-electron chi connectivity index (χ0n) is 9.37. The van der Waals surface area contributed by atoms with Gasteiger partial charge in [0.05, 0.1) is 20.6 Å². The lowest BCUT2D eigenvalue weighted by atomic mass is 10.1. The number of hydrogen-bond acceptors (Lipinski definition) is 5. The standard InChI is InChI=1S/C10H12F2N2O3/c1-16-7-4-6(13)5(3-8(15)17-2)9(14-7)10(11)12/h4,10H,3H2,1-2H3,(H2,13,14). The fraction of sp³-hybridized carbons (Fsp3) is 0.400. The van der Waals surface area contributed by atoms with Crippen LogP contribution in [0.25, 0.3) is 0 Å². The maximum Gasteiger partial charge on any atom is 0.310 e. The maximum absolute atomic E-state index is 12.8. The molecule has 0 amide bonds. The Balaban J connectivity index is 3.21. The number of hydrogen-bond donors (Lipinski definition) is 1. The molecule has 0 spiro atoms. The van der Waals surface area contributed by atoms with Crippen LogP contribution >= 0.6 is 0 Å². The van der Waals surface area contributed by atoms with E-state index >= 15 is 0 Å². The van der Waals surface area contributed by atoms with E-state index in [9.17, 15) is 13.6 Å². The van der Waals surface area contributed by atoms with E-state index in [1.165, 1.54) is 13.2 Å². The summed E-state index contributed by atoms with van der Waals surface area (Å²) in [4.78, 5) is 14.7. The van der Waals surface area contributed by atoms with E-state index in [0.29, 0.717) is 0 Å². The topological polar surface area (TPSA) is 74.4 Å². The lowest BCUT2D eigenvalue weighted by molar-refractivity contribution is -0.139. The number of ether oxygens (including phenoxy) is 2. The molecule has 1 aromatic rings. The third-order valence-electron chi connectivity index (χ3n) is 2.13. The second-order valence-electron chi connectivity index (χ2n) is 3.17. The summed E-state index contributed by atoms with van der Waals surface area (Å²) in [6.45, 7) is 0. The van der Waals surface area contributed by atoms with Gasteiger partial charge in [-0.25, -0.2) is 13.8 Å². The summed E-state index contributed by atoms with van der Waals surface area (Å²) in [6.07, 6.45) is -3.19. The summed E-state index contributed by atoms with van der Waals surface area (Å²) in [5.74, 6) is -0.683. The predicted molar refractivity (Wildman–Crippen MR) is 55.9 cm³/mol. The van der Waals surface area contributed by atoms with Crippen molar-refractivity contribution in [1.82, 2.24) is 4.98 Å². The Labute approximate surface area is 96.5 Å². The lowest BCUT2D eigenvalue weighted by Gasteiger charge is -2.11. The fourth-order valence-corrected chi connectivity index (χ4v) is 1.28. The molecule has 7 heteroatoms. The largest absolute Gasteiger partial charge is 0.481 e. The Bertz CT molecular complexity index is 424. The van der Waals surface area contributed by atoms with Crippen molar-refractivity contribution in [2.24, 2.45) is 0 Å². The van der Waals surface area contributed by atoms with Crippen LogP contribution in [0.1, 0.15) is 17.7 Å². The predicted octanol–water partition coefficient (Wildman–Crippen LogP) is 1.33.